The van der Waals surface area contributed by atoms with Crippen molar-refractivity contribution in [3.63, 3.8) is 0 Å². The molecule has 0 bridgehead atoms. The summed E-state index contributed by atoms with van der Waals surface area (Å²) in [5.74, 6) is 0.123. The molecule has 17 heavy (non-hydrogen) atoms. The predicted octanol–water partition coefficient (Wildman–Crippen LogP) is 3.87. The van der Waals surface area contributed by atoms with Crippen LogP contribution in [0.15, 0.2) is 46.9 Å². The van der Waals surface area contributed by atoms with Gasteiger partial charge in [-0.25, -0.2) is 4.39 Å². The molecule has 2 nitrogen and oxygen atoms in total. The highest BCUT2D eigenvalue weighted by Gasteiger charge is 2.03. The first-order chi connectivity index (χ1) is 8.15. The number of phenols is 1. The summed E-state index contributed by atoms with van der Waals surface area (Å²) in [5.41, 5.74) is 0.712. The highest BCUT2D eigenvalue weighted by Crippen LogP contribution is 2.29. The van der Waals surface area contributed by atoms with Crippen LogP contribution in [0, 0.1) is 5.82 Å². The maximum atomic E-state index is 12.9. The van der Waals surface area contributed by atoms with Gasteiger partial charge in [0.05, 0.1) is 0 Å². The van der Waals surface area contributed by atoms with Crippen LogP contribution in [0.1, 0.15) is 5.56 Å². The smallest absolute Gasteiger partial charge is 0.162 e. The first-order valence-electron chi connectivity index (χ1n) is 5.01. The Morgan fingerprint density at radius 1 is 1.18 bits per heavy atom. The van der Waals surface area contributed by atoms with Crippen LogP contribution in [0.3, 0.4) is 0 Å². The minimum absolute atomic E-state index is 0.0598. The molecular formula is C13H10BrFO2. The van der Waals surface area contributed by atoms with Crippen molar-refractivity contribution in [2.75, 3.05) is 0 Å². The Morgan fingerprint density at radius 3 is 2.76 bits per heavy atom. The van der Waals surface area contributed by atoms with E-state index in [4.69, 9.17) is 4.74 Å². The average Bonchev–Trinajstić information content (AvgIpc) is 2.30. The van der Waals surface area contributed by atoms with E-state index in [0.717, 1.165) is 4.47 Å². The quantitative estimate of drug-likeness (QED) is 0.931. The molecule has 0 unspecified atom stereocenters. The van der Waals surface area contributed by atoms with Gasteiger partial charge >= 0.3 is 0 Å². The zero-order valence-corrected chi connectivity index (χ0v) is 10.4. The molecule has 1 N–H and O–H groups in total. The van der Waals surface area contributed by atoms with Crippen molar-refractivity contribution in [3.05, 3.63) is 58.3 Å². The molecule has 4 heteroatoms. The summed E-state index contributed by atoms with van der Waals surface area (Å²) < 4.78 is 19.1. The standard InChI is InChI=1S/C13H10BrFO2/c14-10-4-5-12(16)13(7-10)17-8-9-2-1-3-11(15)6-9/h1-7,16H,8H2. The Balaban J connectivity index is 2.09. The highest BCUT2D eigenvalue weighted by atomic mass is 79.9. The second kappa shape index (κ2) is 5.19. The molecule has 0 aliphatic rings. The molecule has 0 spiro atoms. The maximum Gasteiger partial charge on any atom is 0.162 e. The van der Waals surface area contributed by atoms with E-state index in [-0.39, 0.29) is 18.2 Å². The molecule has 0 aliphatic carbocycles. The largest absolute Gasteiger partial charge is 0.504 e. The van der Waals surface area contributed by atoms with E-state index >= 15 is 0 Å². The summed E-state index contributed by atoms with van der Waals surface area (Å²) in [6, 6.07) is 11.1. The molecule has 0 amide bonds. The third-order valence-electron chi connectivity index (χ3n) is 2.21. The lowest BCUT2D eigenvalue weighted by atomic mass is 10.2. The lowest BCUT2D eigenvalue weighted by molar-refractivity contribution is 0.288. The van der Waals surface area contributed by atoms with Gasteiger partial charge in [0, 0.05) is 4.47 Å². The first-order valence-corrected chi connectivity index (χ1v) is 5.80. The summed E-state index contributed by atoms with van der Waals surface area (Å²) in [4.78, 5) is 0. The van der Waals surface area contributed by atoms with E-state index in [2.05, 4.69) is 15.9 Å². The molecule has 0 saturated carbocycles. The third kappa shape index (κ3) is 3.20. The van der Waals surface area contributed by atoms with Crippen molar-refractivity contribution in [2.24, 2.45) is 0 Å². The van der Waals surface area contributed by atoms with Gasteiger partial charge < -0.3 is 9.84 Å². The Kier molecular flexibility index (Phi) is 3.64. The number of ether oxygens (including phenoxy) is 1. The second-order valence-electron chi connectivity index (χ2n) is 3.53. The van der Waals surface area contributed by atoms with Gasteiger partial charge in [-0.2, -0.15) is 0 Å². The molecule has 0 fully saturated rings. The molecule has 0 radical (unpaired) electrons. The van der Waals surface area contributed by atoms with Gasteiger partial charge in [0.1, 0.15) is 12.4 Å². The van der Waals surface area contributed by atoms with Crippen molar-refractivity contribution >= 4 is 15.9 Å². The van der Waals surface area contributed by atoms with Crippen LogP contribution in [0.4, 0.5) is 4.39 Å². The van der Waals surface area contributed by atoms with Gasteiger partial charge in [0.25, 0.3) is 0 Å². The number of benzene rings is 2. The number of rotatable bonds is 3. The molecule has 0 saturated heterocycles. The van der Waals surface area contributed by atoms with Gasteiger partial charge in [-0.15, -0.1) is 0 Å². The average molecular weight is 297 g/mol. The van der Waals surface area contributed by atoms with Crippen LogP contribution in [-0.2, 0) is 6.61 Å². The fourth-order valence-corrected chi connectivity index (χ4v) is 1.73. The van der Waals surface area contributed by atoms with E-state index < -0.39 is 0 Å². The minimum atomic E-state index is -0.301. The van der Waals surface area contributed by atoms with Crippen molar-refractivity contribution in [2.45, 2.75) is 6.61 Å². The molecule has 2 aromatic rings. The number of aromatic hydroxyl groups is 1. The predicted molar refractivity (Wildman–Crippen MR) is 66.5 cm³/mol. The van der Waals surface area contributed by atoms with Gasteiger partial charge in [-0.3, -0.25) is 0 Å². The third-order valence-corrected chi connectivity index (χ3v) is 2.70. The van der Waals surface area contributed by atoms with Gasteiger partial charge in [-0.1, -0.05) is 28.1 Å². The van der Waals surface area contributed by atoms with E-state index in [1.807, 2.05) is 0 Å². The minimum Gasteiger partial charge on any atom is -0.504 e. The first kappa shape index (κ1) is 11.9. The number of halogens is 2. The fraction of sp³-hybridized carbons (Fsp3) is 0.0769. The van der Waals surface area contributed by atoms with E-state index in [9.17, 15) is 9.50 Å². The molecule has 0 aliphatic heterocycles. The summed E-state index contributed by atoms with van der Waals surface area (Å²) in [7, 11) is 0. The van der Waals surface area contributed by atoms with Crippen LogP contribution in [0.25, 0.3) is 0 Å². The molecule has 0 heterocycles. The monoisotopic (exact) mass is 296 g/mol. The molecule has 0 aromatic heterocycles. The van der Waals surface area contributed by atoms with E-state index in [1.165, 1.54) is 18.2 Å². The molecule has 0 atom stereocenters. The number of phenolic OH excluding ortho intramolecular Hbond substituents is 1. The van der Waals surface area contributed by atoms with Crippen molar-refractivity contribution in [1.29, 1.82) is 0 Å². The highest BCUT2D eigenvalue weighted by molar-refractivity contribution is 9.10. The molecular weight excluding hydrogens is 287 g/mol. The van der Waals surface area contributed by atoms with Crippen molar-refractivity contribution in [1.82, 2.24) is 0 Å². The van der Waals surface area contributed by atoms with Crippen molar-refractivity contribution in [3.8, 4) is 11.5 Å². The van der Waals surface area contributed by atoms with Crippen LogP contribution in [0.2, 0.25) is 0 Å². The second-order valence-corrected chi connectivity index (χ2v) is 4.45. The number of hydrogen-bond donors (Lipinski definition) is 1. The zero-order valence-electron chi connectivity index (χ0n) is 8.86. The van der Waals surface area contributed by atoms with Crippen molar-refractivity contribution < 1.29 is 14.2 Å². The Morgan fingerprint density at radius 2 is 2.00 bits per heavy atom. The summed E-state index contributed by atoms with van der Waals surface area (Å²) in [5, 5.41) is 9.55. The Bertz CT molecular complexity index is 529. The maximum absolute atomic E-state index is 12.9. The molecule has 88 valence electrons. The summed E-state index contributed by atoms with van der Waals surface area (Å²) >= 11 is 3.28. The normalized spacial score (nSPS) is 10.2. The summed E-state index contributed by atoms with van der Waals surface area (Å²) in [6.45, 7) is 0.210. The Labute approximate surface area is 107 Å². The molecule has 2 rings (SSSR count). The van der Waals surface area contributed by atoms with E-state index in [0.29, 0.717) is 11.3 Å². The van der Waals surface area contributed by atoms with Gasteiger partial charge in [-0.05, 0) is 35.9 Å². The van der Waals surface area contributed by atoms with Crippen LogP contribution < -0.4 is 4.74 Å². The van der Waals surface area contributed by atoms with E-state index in [1.54, 1.807) is 24.3 Å². The fourth-order valence-electron chi connectivity index (χ4n) is 1.39. The number of hydrogen-bond acceptors (Lipinski definition) is 2. The lowest BCUT2D eigenvalue weighted by Gasteiger charge is -2.08. The molecule has 2 aromatic carbocycles. The van der Waals surface area contributed by atoms with Crippen LogP contribution >= 0.6 is 15.9 Å². The zero-order chi connectivity index (χ0) is 12.3. The van der Waals surface area contributed by atoms with Gasteiger partial charge in [0.15, 0.2) is 11.5 Å². The van der Waals surface area contributed by atoms with Gasteiger partial charge in [0.2, 0.25) is 0 Å². The van der Waals surface area contributed by atoms with Crippen LogP contribution in [0.5, 0.6) is 11.5 Å². The lowest BCUT2D eigenvalue weighted by Crippen LogP contribution is -1.96. The van der Waals surface area contributed by atoms with Crippen LogP contribution in [-0.4, -0.2) is 5.11 Å². The topological polar surface area (TPSA) is 29.5 Å². The summed E-state index contributed by atoms with van der Waals surface area (Å²) in [6.07, 6.45) is 0. The Hall–Kier alpha value is -1.55. The SMILES string of the molecule is Oc1ccc(Br)cc1OCc1cccc(F)c1.